The third-order valence-electron chi connectivity index (χ3n) is 5.20. The van der Waals surface area contributed by atoms with Crippen LogP contribution in [-0.2, 0) is 16.2 Å². The number of hydrogen-bond acceptors (Lipinski definition) is 5. The van der Waals surface area contributed by atoms with E-state index in [9.17, 15) is 9.59 Å². The monoisotopic (exact) mass is 433 g/mol. The lowest BCUT2D eigenvalue weighted by Gasteiger charge is -2.23. The van der Waals surface area contributed by atoms with E-state index < -0.39 is 6.04 Å². The average molecular weight is 434 g/mol. The highest BCUT2D eigenvalue weighted by atomic mass is 32.1. The summed E-state index contributed by atoms with van der Waals surface area (Å²) < 4.78 is 0. The first kappa shape index (κ1) is 20.8. The van der Waals surface area contributed by atoms with Crippen LogP contribution in [0.25, 0.3) is 11.1 Å². The highest BCUT2D eigenvalue weighted by Gasteiger charge is 2.38. The van der Waals surface area contributed by atoms with Crippen molar-refractivity contribution in [2.75, 3.05) is 13.7 Å². The zero-order chi connectivity index (χ0) is 21.6. The van der Waals surface area contributed by atoms with Gasteiger partial charge in [0.1, 0.15) is 13.2 Å². The summed E-state index contributed by atoms with van der Waals surface area (Å²) in [5.41, 5.74) is 3.33. The molecule has 1 aliphatic rings. The van der Waals surface area contributed by atoms with Crippen molar-refractivity contribution in [3.8, 4) is 11.1 Å². The maximum absolute atomic E-state index is 13.2. The first-order valence-electron chi connectivity index (χ1n) is 10.0. The standard InChI is InChI=1S/C24H23N3O3S/c1-30-26-20-14-22(23(28)25-15-21-8-5-13-31-21)27(16-20)24(29)19-11-9-18(10-12-19)17-6-3-2-4-7-17/h2-13,22H,14-16H2,1H3,(H,25,28)/t22-/m0/s1. The van der Waals surface area contributed by atoms with Crippen molar-refractivity contribution in [3.05, 3.63) is 82.6 Å². The van der Waals surface area contributed by atoms with E-state index in [0.717, 1.165) is 16.0 Å². The lowest BCUT2D eigenvalue weighted by atomic mass is 10.0. The van der Waals surface area contributed by atoms with Crippen LogP contribution in [0.4, 0.5) is 0 Å². The van der Waals surface area contributed by atoms with Gasteiger partial charge in [0, 0.05) is 16.9 Å². The summed E-state index contributed by atoms with van der Waals surface area (Å²) in [6, 6.07) is 20.7. The molecule has 4 rings (SSSR count). The predicted octanol–water partition coefficient (Wildman–Crippen LogP) is 3.95. The van der Waals surface area contributed by atoms with Crippen molar-refractivity contribution in [3.63, 3.8) is 0 Å². The summed E-state index contributed by atoms with van der Waals surface area (Å²) in [6.07, 6.45) is 0.359. The number of nitrogens with one attached hydrogen (secondary N) is 1. The minimum Gasteiger partial charge on any atom is -0.399 e. The van der Waals surface area contributed by atoms with Crippen LogP contribution < -0.4 is 5.32 Å². The number of likely N-dealkylation sites (tertiary alicyclic amines) is 1. The Balaban J connectivity index is 1.51. The van der Waals surface area contributed by atoms with Crippen LogP contribution in [0.3, 0.4) is 0 Å². The summed E-state index contributed by atoms with van der Waals surface area (Å²) >= 11 is 1.58. The fourth-order valence-corrected chi connectivity index (χ4v) is 4.30. The Morgan fingerprint density at radius 2 is 1.81 bits per heavy atom. The number of thiophene rings is 1. The second-order valence-electron chi connectivity index (χ2n) is 7.23. The molecule has 1 fully saturated rings. The van der Waals surface area contributed by atoms with E-state index in [1.54, 1.807) is 28.4 Å². The Labute approximate surface area is 185 Å². The largest absolute Gasteiger partial charge is 0.399 e. The van der Waals surface area contributed by atoms with Crippen LogP contribution in [0.2, 0.25) is 0 Å². The average Bonchev–Trinajstić information content (AvgIpc) is 3.48. The first-order chi connectivity index (χ1) is 15.2. The molecule has 2 aromatic carbocycles. The van der Waals surface area contributed by atoms with Crippen molar-refractivity contribution in [1.29, 1.82) is 0 Å². The smallest absolute Gasteiger partial charge is 0.254 e. The fourth-order valence-electron chi connectivity index (χ4n) is 3.65. The molecule has 0 bridgehead atoms. The number of rotatable bonds is 6. The molecule has 3 aromatic rings. The molecule has 6 nitrogen and oxygen atoms in total. The summed E-state index contributed by atoms with van der Waals surface area (Å²) in [5, 5.41) is 8.90. The van der Waals surface area contributed by atoms with E-state index in [0.29, 0.717) is 24.2 Å². The highest BCUT2D eigenvalue weighted by Crippen LogP contribution is 2.23. The van der Waals surface area contributed by atoms with E-state index >= 15 is 0 Å². The minimum absolute atomic E-state index is 0.191. The Hall–Kier alpha value is -3.45. The van der Waals surface area contributed by atoms with Gasteiger partial charge < -0.3 is 15.1 Å². The molecule has 2 amide bonds. The highest BCUT2D eigenvalue weighted by molar-refractivity contribution is 7.09. The molecular weight excluding hydrogens is 410 g/mol. The lowest BCUT2D eigenvalue weighted by molar-refractivity contribution is -0.124. The number of nitrogens with zero attached hydrogens (tertiary/aromatic N) is 2. The number of oxime groups is 1. The molecule has 1 atom stereocenters. The summed E-state index contributed by atoms with van der Waals surface area (Å²) in [5.74, 6) is -0.388. The molecule has 7 heteroatoms. The van der Waals surface area contributed by atoms with Gasteiger partial charge in [0.05, 0.1) is 18.8 Å². The topological polar surface area (TPSA) is 71.0 Å². The number of hydrogen-bond donors (Lipinski definition) is 1. The van der Waals surface area contributed by atoms with Gasteiger partial charge in [-0.3, -0.25) is 9.59 Å². The minimum atomic E-state index is -0.616. The van der Waals surface area contributed by atoms with E-state index in [2.05, 4.69) is 10.5 Å². The zero-order valence-corrected chi connectivity index (χ0v) is 18.0. The molecule has 1 aliphatic heterocycles. The third-order valence-corrected chi connectivity index (χ3v) is 6.07. The van der Waals surface area contributed by atoms with E-state index in [1.807, 2.05) is 60.0 Å². The van der Waals surface area contributed by atoms with Gasteiger partial charge >= 0.3 is 0 Å². The molecular formula is C24H23N3O3S. The summed E-state index contributed by atoms with van der Waals surface area (Å²) in [4.78, 5) is 33.6. The van der Waals surface area contributed by atoms with Gasteiger partial charge in [0.25, 0.3) is 5.91 Å². The molecule has 1 N–H and O–H groups in total. The Bertz CT molecular complexity index is 1060. The number of carbonyl (C=O) groups excluding carboxylic acids is 2. The summed E-state index contributed by atoms with van der Waals surface area (Å²) in [7, 11) is 1.46. The third kappa shape index (κ3) is 4.83. The van der Waals surface area contributed by atoms with Crippen molar-refractivity contribution >= 4 is 28.9 Å². The maximum atomic E-state index is 13.2. The molecule has 0 saturated carbocycles. The van der Waals surface area contributed by atoms with Crippen molar-refractivity contribution in [2.45, 2.75) is 19.0 Å². The Kier molecular flexibility index (Phi) is 6.43. The second-order valence-corrected chi connectivity index (χ2v) is 8.27. The molecule has 158 valence electrons. The SMILES string of the molecule is CON=C1C[C@@H](C(=O)NCc2cccs2)N(C(=O)c2ccc(-c3ccccc3)cc2)C1. The number of carbonyl (C=O) groups is 2. The van der Waals surface area contributed by atoms with Gasteiger partial charge in [0.15, 0.2) is 0 Å². The van der Waals surface area contributed by atoms with Gasteiger partial charge in [-0.25, -0.2) is 0 Å². The normalized spacial score (nSPS) is 17.0. The van der Waals surface area contributed by atoms with Crippen LogP contribution in [0.5, 0.6) is 0 Å². The van der Waals surface area contributed by atoms with Gasteiger partial charge in [0.2, 0.25) is 5.91 Å². The first-order valence-corrected chi connectivity index (χ1v) is 10.9. The predicted molar refractivity (Wildman–Crippen MR) is 122 cm³/mol. The van der Waals surface area contributed by atoms with Crippen LogP contribution in [0.15, 0.2) is 77.3 Å². The maximum Gasteiger partial charge on any atom is 0.254 e. The van der Waals surface area contributed by atoms with Gasteiger partial charge in [-0.05, 0) is 34.7 Å². The van der Waals surface area contributed by atoms with Crippen molar-refractivity contribution < 1.29 is 14.4 Å². The van der Waals surface area contributed by atoms with Gasteiger partial charge in [-0.2, -0.15) is 0 Å². The molecule has 0 aliphatic carbocycles. The van der Waals surface area contributed by atoms with Crippen LogP contribution in [0, 0.1) is 0 Å². The second kappa shape index (κ2) is 9.57. The lowest BCUT2D eigenvalue weighted by Crippen LogP contribution is -2.45. The Morgan fingerprint density at radius 1 is 1.06 bits per heavy atom. The van der Waals surface area contributed by atoms with Crippen molar-refractivity contribution in [1.82, 2.24) is 10.2 Å². The molecule has 0 unspecified atom stereocenters. The van der Waals surface area contributed by atoms with Gasteiger partial charge in [-0.1, -0.05) is 53.7 Å². The molecule has 1 saturated heterocycles. The van der Waals surface area contributed by atoms with Crippen molar-refractivity contribution in [2.24, 2.45) is 5.16 Å². The molecule has 1 aromatic heterocycles. The quantitative estimate of drug-likeness (QED) is 0.599. The number of benzene rings is 2. The molecule has 0 spiro atoms. The fraction of sp³-hybridized carbons (Fsp3) is 0.208. The molecule has 0 radical (unpaired) electrons. The zero-order valence-electron chi connectivity index (χ0n) is 17.2. The van der Waals surface area contributed by atoms with Crippen LogP contribution >= 0.6 is 11.3 Å². The summed E-state index contributed by atoms with van der Waals surface area (Å²) in [6.45, 7) is 0.710. The Morgan fingerprint density at radius 3 is 2.48 bits per heavy atom. The number of amides is 2. The van der Waals surface area contributed by atoms with E-state index in [-0.39, 0.29) is 18.4 Å². The molecule has 31 heavy (non-hydrogen) atoms. The van der Waals surface area contributed by atoms with Gasteiger partial charge in [-0.15, -0.1) is 11.3 Å². The van der Waals surface area contributed by atoms with Crippen LogP contribution in [-0.4, -0.2) is 42.1 Å². The van der Waals surface area contributed by atoms with Crippen LogP contribution in [0.1, 0.15) is 21.7 Å². The molecule has 2 heterocycles. The van der Waals surface area contributed by atoms with E-state index in [4.69, 9.17) is 4.84 Å². The van der Waals surface area contributed by atoms with E-state index in [1.165, 1.54) is 7.11 Å².